The van der Waals surface area contributed by atoms with Gasteiger partial charge in [-0.2, -0.15) is 0 Å². The standard InChI is InChI=1S/C27H37ClN4O3/c1-27(2,3)35-26(33)31-16-19-15-20(28)11-14-23(19)32-24(17-31)29-30-25(32)18-9-12-22(13-10-18)34-21-7-5-4-6-8-21/h11,14-15,18,21-22H,4-10,12-13,16-17H2,1-3H3. The Bertz CT molecular complexity index is 1050. The first-order valence-electron chi connectivity index (χ1n) is 13.1. The Hall–Kier alpha value is -2.12. The summed E-state index contributed by atoms with van der Waals surface area (Å²) < 4.78 is 14.3. The normalized spacial score (nSPS) is 23.4. The molecule has 8 heteroatoms. The Balaban J connectivity index is 1.37. The summed E-state index contributed by atoms with van der Waals surface area (Å²) in [6.07, 6.45) is 11.0. The van der Waals surface area contributed by atoms with Crippen molar-refractivity contribution < 1.29 is 14.3 Å². The number of aromatic nitrogens is 3. The lowest BCUT2D eigenvalue weighted by Crippen LogP contribution is -2.35. The zero-order valence-electron chi connectivity index (χ0n) is 21.1. The van der Waals surface area contributed by atoms with Crippen LogP contribution in [0.25, 0.3) is 5.69 Å². The van der Waals surface area contributed by atoms with Crippen LogP contribution in [0.4, 0.5) is 4.79 Å². The van der Waals surface area contributed by atoms with E-state index in [9.17, 15) is 4.79 Å². The van der Waals surface area contributed by atoms with Gasteiger partial charge in [0, 0.05) is 10.9 Å². The first-order valence-corrected chi connectivity index (χ1v) is 13.5. The van der Waals surface area contributed by atoms with Gasteiger partial charge in [0.15, 0.2) is 5.82 Å². The highest BCUT2D eigenvalue weighted by Gasteiger charge is 2.33. The van der Waals surface area contributed by atoms with Crippen molar-refractivity contribution in [2.75, 3.05) is 0 Å². The summed E-state index contributed by atoms with van der Waals surface area (Å²) in [7, 11) is 0. The Morgan fingerprint density at radius 2 is 1.69 bits per heavy atom. The van der Waals surface area contributed by atoms with Crippen LogP contribution in [0.2, 0.25) is 5.02 Å². The first-order chi connectivity index (χ1) is 16.8. The summed E-state index contributed by atoms with van der Waals surface area (Å²) in [5, 5.41) is 9.85. The highest BCUT2D eigenvalue weighted by atomic mass is 35.5. The maximum absolute atomic E-state index is 13.0. The molecular formula is C27H37ClN4O3. The maximum atomic E-state index is 13.0. The SMILES string of the molecule is CC(C)(C)OC(=O)N1Cc2cc(Cl)ccc2-n2c(nnc2C2CCC(OC3CCCCC3)CC2)C1. The molecule has 3 aliphatic rings. The highest BCUT2D eigenvalue weighted by molar-refractivity contribution is 6.30. The lowest BCUT2D eigenvalue weighted by Gasteiger charge is -2.32. The number of hydrogen-bond donors (Lipinski definition) is 0. The Morgan fingerprint density at radius 3 is 2.40 bits per heavy atom. The lowest BCUT2D eigenvalue weighted by molar-refractivity contribution is -0.0475. The second-order valence-corrected chi connectivity index (χ2v) is 11.7. The van der Waals surface area contributed by atoms with Crippen molar-refractivity contribution >= 4 is 17.7 Å². The van der Waals surface area contributed by atoms with Gasteiger partial charge >= 0.3 is 6.09 Å². The fourth-order valence-corrected chi connectivity index (χ4v) is 5.87. The van der Waals surface area contributed by atoms with Crippen LogP contribution in [-0.2, 0) is 22.6 Å². The van der Waals surface area contributed by atoms with E-state index in [0.29, 0.717) is 36.2 Å². The molecule has 0 bridgehead atoms. The Morgan fingerprint density at radius 1 is 0.971 bits per heavy atom. The maximum Gasteiger partial charge on any atom is 0.411 e. The van der Waals surface area contributed by atoms with Crippen molar-refractivity contribution in [3.8, 4) is 5.69 Å². The van der Waals surface area contributed by atoms with Crippen LogP contribution in [-0.4, -0.2) is 43.6 Å². The third-order valence-electron chi connectivity index (χ3n) is 7.36. The van der Waals surface area contributed by atoms with Gasteiger partial charge in [0.2, 0.25) is 0 Å². The molecule has 190 valence electrons. The van der Waals surface area contributed by atoms with Crippen molar-refractivity contribution in [3.05, 3.63) is 40.4 Å². The molecule has 0 unspecified atom stereocenters. The van der Waals surface area contributed by atoms with Gasteiger partial charge in [-0.05, 0) is 83.1 Å². The van der Waals surface area contributed by atoms with Crippen LogP contribution in [0, 0.1) is 0 Å². The molecule has 2 aromatic rings. The molecule has 35 heavy (non-hydrogen) atoms. The first kappa shape index (κ1) is 24.6. The van der Waals surface area contributed by atoms with E-state index in [0.717, 1.165) is 48.6 Å². The van der Waals surface area contributed by atoms with Gasteiger partial charge in [-0.25, -0.2) is 4.79 Å². The Kier molecular flexibility index (Phi) is 7.09. The van der Waals surface area contributed by atoms with Crippen molar-refractivity contribution in [2.45, 2.75) is 115 Å². The van der Waals surface area contributed by atoms with Crippen molar-refractivity contribution in [1.29, 1.82) is 0 Å². The van der Waals surface area contributed by atoms with E-state index in [1.807, 2.05) is 39.0 Å². The lowest BCUT2D eigenvalue weighted by atomic mass is 9.86. The number of benzene rings is 1. The molecule has 2 saturated carbocycles. The van der Waals surface area contributed by atoms with Gasteiger partial charge in [-0.15, -0.1) is 10.2 Å². The van der Waals surface area contributed by atoms with E-state index in [1.165, 1.54) is 32.1 Å². The summed E-state index contributed by atoms with van der Waals surface area (Å²) in [5.41, 5.74) is 1.39. The average molecular weight is 501 g/mol. The Labute approximate surface area is 213 Å². The molecule has 0 atom stereocenters. The third-order valence-corrected chi connectivity index (χ3v) is 7.59. The van der Waals surface area contributed by atoms with Gasteiger partial charge in [0.25, 0.3) is 0 Å². The molecule has 1 aromatic heterocycles. The fourth-order valence-electron chi connectivity index (χ4n) is 5.68. The van der Waals surface area contributed by atoms with Gasteiger partial charge in [0.1, 0.15) is 11.4 Å². The topological polar surface area (TPSA) is 69.5 Å². The summed E-state index contributed by atoms with van der Waals surface area (Å²) in [6.45, 7) is 6.39. The molecule has 7 nitrogen and oxygen atoms in total. The number of fused-ring (bicyclic) bond motifs is 3. The van der Waals surface area contributed by atoms with Crippen LogP contribution in [0.15, 0.2) is 18.2 Å². The zero-order valence-corrected chi connectivity index (χ0v) is 21.9. The van der Waals surface area contributed by atoms with Gasteiger partial charge in [0.05, 0.1) is 31.0 Å². The molecule has 2 fully saturated rings. The summed E-state index contributed by atoms with van der Waals surface area (Å²) in [4.78, 5) is 14.7. The van der Waals surface area contributed by atoms with Crippen molar-refractivity contribution in [3.63, 3.8) is 0 Å². The van der Waals surface area contributed by atoms with E-state index in [1.54, 1.807) is 4.90 Å². The minimum absolute atomic E-state index is 0.319. The van der Waals surface area contributed by atoms with Crippen LogP contribution in [0.5, 0.6) is 0 Å². The molecule has 5 rings (SSSR count). The highest BCUT2D eigenvalue weighted by Crippen LogP contribution is 2.38. The number of carbonyl (C=O) groups is 1. The van der Waals surface area contributed by atoms with Gasteiger partial charge in [-0.1, -0.05) is 30.9 Å². The second kappa shape index (κ2) is 10.1. The molecule has 2 heterocycles. The zero-order chi connectivity index (χ0) is 24.6. The fraction of sp³-hybridized carbons (Fsp3) is 0.667. The largest absolute Gasteiger partial charge is 0.444 e. The van der Waals surface area contributed by atoms with E-state index >= 15 is 0 Å². The van der Waals surface area contributed by atoms with E-state index in [-0.39, 0.29) is 6.09 Å². The quantitative estimate of drug-likeness (QED) is 0.478. The summed E-state index contributed by atoms with van der Waals surface area (Å²) in [5.74, 6) is 2.05. The summed E-state index contributed by atoms with van der Waals surface area (Å²) >= 11 is 6.36. The minimum Gasteiger partial charge on any atom is -0.444 e. The number of carbonyl (C=O) groups excluding carboxylic acids is 1. The molecule has 0 spiro atoms. The van der Waals surface area contributed by atoms with Crippen molar-refractivity contribution in [2.24, 2.45) is 0 Å². The van der Waals surface area contributed by atoms with E-state index in [2.05, 4.69) is 14.8 Å². The van der Waals surface area contributed by atoms with Gasteiger partial charge in [-0.3, -0.25) is 9.47 Å². The van der Waals surface area contributed by atoms with Crippen LogP contribution >= 0.6 is 11.6 Å². The van der Waals surface area contributed by atoms with Crippen LogP contribution in [0.1, 0.15) is 102 Å². The second-order valence-electron chi connectivity index (χ2n) is 11.3. The number of halogens is 1. The molecule has 0 saturated heterocycles. The number of hydrogen-bond acceptors (Lipinski definition) is 5. The monoisotopic (exact) mass is 500 g/mol. The summed E-state index contributed by atoms with van der Waals surface area (Å²) in [6, 6.07) is 5.85. The van der Waals surface area contributed by atoms with E-state index < -0.39 is 5.60 Å². The smallest absolute Gasteiger partial charge is 0.411 e. The van der Waals surface area contributed by atoms with Gasteiger partial charge < -0.3 is 9.47 Å². The van der Waals surface area contributed by atoms with Crippen LogP contribution in [0.3, 0.4) is 0 Å². The molecule has 2 aliphatic carbocycles. The predicted molar refractivity (Wildman–Crippen MR) is 135 cm³/mol. The average Bonchev–Trinajstić information content (AvgIpc) is 3.15. The number of ether oxygens (including phenoxy) is 2. The van der Waals surface area contributed by atoms with Crippen LogP contribution < -0.4 is 0 Å². The molecular weight excluding hydrogens is 464 g/mol. The molecule has 0 N–H and O–H groups in total. The molecule has 1 amide bonds. The predicted octanol–water partition coefficient (Wildman–Crippen LogP) is 6.55. The van der Waals surface area contributed by atoms with Crippen molar-refractivity contribution in [1.82, 2.24) is 19.7 Å². The minimum atomic E-state index is -0.572. The molecule has 1 aliphatic heterocycles. The molecule has 1 aromatic carbocycles. The number of rotatable bonds is 3. The van der Waals surface area contributed by atoms with E-state index in [4.69, 9.17) is 21.1 Å². The number of amides is 1. The molecule has 0 radical (unpaired) electrons. The third kappa shape index (κ3) is 5.67. The number of nitrogens with zero attached hydrogens (tertiary/aromatic N) is 4.